The van der Waals surface area contributed by atoms with Crippen LogP contribution in [-0.2, 0) is 18.0 Å². The molecule has 0 aromatic heterocycles. The lowest BCUT2D eigenvalue weighted by Gasteiger charge is -2.15. The molecule has 2 aromatic rings. The van der Waals surface area contributed by atoms with Crippen LogP contribution < -0.4 is 0 Å². The van der Waals surface area contributed by atoms with Gasteiger partial charge in [0.15, 0.2) is 5.41 Å². The zero-order valence-electron chi connectivity index (χ0n) is 13.4. The minimum atomic E-state index is -4.48. The van der Waals surface area contributed by atoms with E-state index in [2.05, 4.69) is 11.8 Å². The molecular formula is C20H12F4N2. The average molecular weight is 356 g/mol. The van der Waals surface area contributed by atoms with E-state index in [4.69, 9.17) is 0 Å². The van der Waals surface area contributed by atoms with Gasteiger partial charge in [0.2, 0.25) is 0 Å². The Morgan fingerprint density at radius 3 is 2.04 bits per heavy atom. The molecule has 2 nitrogen and oxygen atoms in total. The van der Waals surface area contributed by atoms with Crippen LogP contribution in [0.15, 0.2) is 48.5 Å². The molecule has 0 amide bonds. The molecule has 0 aliphatic rings. The zero-order valence-corrected chi connectivity index (χ0v) is 13.4. The van der Waals surface area contributed by atoms with E-state index in [1.165, 1.54) is 30.3 Å². The van der Waals surface area contributed by atoms with E-state index in [9.17, 15) is 28.1 Å². The molecule has 0 fully saturated rings. The molecule has 0 N–H and O–H groups in total. The van der Waals surface area contributed by atoms with Crippen molar-refractivity contribution in [3.8, 4) is 24.0 Å². The first-order valence-corrected chi connectivity index (χ1v) is 7.52. The SMILES string of the molecule is N#CC(C#N)(CC#CCc1ccccc1C(F)(F)F)c1ccc(F)cc1. The summed E-state index contributed by atoms with van der Waals surface area (Å²) in [6.07, 6.45) is -4.83. The van der Waals surface area contributed by atoms with Gasteiger partial charge < -0.3 is 0 Å². The number of nitrogens with zero attached hydrogens (tertiary/aromatic N) is 2. The summed E-state index contributed by atoms with van der Waals surface area (Å²) < 4.78 is 51.9. The van der Waals surface area contributed by atoms with Gasteiger partial charge in [-0.2, -0.15) is 23.7 Å². The molecule has 26 heavy (non-hydrogen) atoms. The van der Waals surface area contributed by atoms with Gasteiger partial charge in [-0.05, 0) is 29.3 Å². The first kappa shape index (κ1) is 19.0. The third-order valence-corrected chi connectivity index (χ3v) is 3.80. The molecule has 0 aliphatic carbocycles. The third-order valence-electron chi connectivity index (χ3n) is 3.80. The van der Waals surface area contributed by atoms with Gasteiger partial charge in [-0.15, -0.1) is 0 Å². The van der Waals surface area contributed by atoms with Crippen LogP contribution in [0.25, 0.3) is 0 Å². The molecule has 0 aliphatic heterocycles. The Kier molecular flexibility index (Phi) is 5.65. The van der Waals surface area contributed by atoms with Crippen LogP contribution in [0.4, 0.5) is 17.6 Å². The Morgan fingerprint density at radius 1 is 0.846 bits per heavy atom. The Hall–Kier alpha value is -3.30. The summed E-state index contributed by atoms with van der Waals surface area (Å²) >= 11 is 0. The first-order valence-electron chi connectivity index (χ1n) is 7.52. The summed E-state index contributed by atoms with van der Waals surface area (Å²) in [6, 6.07) is 13.7. The van der Waals surface area contributed by atoms with Crippen molar-refractivity contribution in [2.75, 3.05) is 0 Å². The van der Waals surface area contributed by atoms with Crippen molar-refractivity contribution < 1.29 is 17.6 Å². The maximum atomic E-state index is 13.0. The summed E-state index contributed by atoms with van der Waals surface area (Å²) in [5, 5.41) is 18.8. The number of rotatable bonds is 3. The van der Waals surface area contributed by atoms with Crippen molar-refractivity contribution in [3.05, 3.63) is 71.0 Å². The van der Waals surface area contributed by atoms with E-state index in [-0.39, 0.29) is 24.0 Å². The van der Waals surface area contributed by atoms with Gasteiger partial charge in [0.25, 0.3) is 0 Å². The summed E-state index contributed by atoms with van der Waals surface area (Å²) in [4.78, 5) is 0. The lowest BCUT2D eigenvalue weighted by Crippen LogP contribution is -2.21. The second-order valence-corrected chi connectivity index (χ2v) is 5.50. The highest BCUT2D eigenvalue weighted by Gasteiger charge is 2.33. The molecule has 0 bridgehead atoms. The molecule has 130 valence electrons. The van der Waals surface area contributed by atoms with Crippen LogP contribution in [0, 0.1) is 40.3 Å². The molecule has 2 rings (SSSR count). The minimum absolute atomic E-state index is 0.0220. The van der Waals surface area contributed by atoms with Crippen LogP contribution in [-0.4, -0.2) is 0 Å². The van der Waals surface area contributed by atoms with Gasteiger partial charge >= 0.3 is 6.18 Å². The maximum Gasteiger partial charge on any atom is 0.416 e. The van der Waals surface area contributed by atoms with Crippen LogP contribution in [0.2, 0.25) is 0 Å². The fraction of sp³-hybridized carbons (Fsp3) is 0.200. The Balaban J connectivity index is 2.22. The maximum absolute atomic E-state index is 13.0. The van der Waals surface area contributed by atoms with Gasteiger partial charge in [-0.25, -0.2) is 4.39 Å². The lowest BCUT2D eigenvalue weighted by atomic mass is 9.80. The normalized spacial score (nSPS) is 11.0. The second kappa shape index (κ2) is 7.72. The Labute approximate surface area is 148 Å². The van der Waals surface area contributed by atoms with Crippen LogP contribution >= 0.6 is 0 Å². The molecule has 0 saturated carbocycles. The van der Waals surface area contributed by atoms with Crippen LogP contribution in [0.1, 0.15) is 23.1 Å². The van der Waals surface area contributed by atoms with Gasteiger partial charge in [0.1, 0.15) is 5.82 Å². The van der Waals surface area contributed by atoms with E-state index < -0.39 is 23.0 Å². The Bertz CT molecular complexity index is 906. The number of benzene rings is 2. The van der Waals surface area contributed by atoms with Gasteiger partial charge in [0, 0.05) is 12.8 Å². The predicted molar refractivity (Wildman–Crippen MR) is 86.8 cm³/mol. The molecule has 0 unspecified atom stereocenters. The van der Waals surface area contributed by atoms with E-state index in [0.29, 0.717) is 0 Å². The number of hydrogen-bond acceptors (Lipinski definition) is 2. The molecule has 0 radical (unpaired) electrons. The van der Waals surface area contributed by atoms with E-state index >= 15 is 0 Å². The number of halogens is 4. The highest BCUT2D eigenvalue weighted by Crippen LogP contribution is 2.32. The zero-order chi connectivity index (χ0) is 19.2. The van der Waals surface area contributed by atoms with Crippen molar-refractivity contribution >= 4 is 0 Å². The van der Waals surface area contributed by atoms with Crippen molar-refractivity contribution in [2.24, 2.45) is 0 Å². The molecule has 0 heterocycles. The monoisotopic (exact) mass is 356 g/mol. The fourth-order valence-electron chi connectivity index (χ4n) is 2.37. The van der Waals surface area contributed by atoms with Crippen molar-refractivity contribution in [1.29, 1.82) is 10.5 Å². The summed E-state index contributed by atoms with van der Waals surface area (Å²) in [6.45, 7) is 0. The standard InChI is InChI=1S/C20H12F4N2/c21-17-10-8-16(9-11-17)19(13-25,14-26)12-4-3-6-15-5-1-2-7-18(15)20(22,23)24/h1-2,5,7-11H,6,12H2. The topological polar surface area (TPSA) is 47.6 Å². The summed E-state index contributed by atoms with van der Waals surface area (Å²) in [5.74, 6) is 4.70. The van der Waals surface area contributed by atoms with Crippen LogP contribution in [0.5, 0.6) is 0 Å². The van der Waals surface area contributed by atoms with Crippen molar-refractivity contribution in [1.82, 2.24) is 0 Å². The van der Waals surface area contributed by atoms with Gasteiger partial charge in [0.05, 0.1) is 17.7 Å². The first-order chi connectivity index (χ1) is 12.3. The molecule has 2 aromatic carbocycles. The number of hydrogen-bond donors (Lipinski definition) is 0. The quantitative estimate of drug-likeness (QED) is 0.588. The summed E-state index contributed by atoms with van der Waals surface area (Å²) in [7, 11) is 0. The number of alkyl halides is 3. The van der Waals surface area contributed by atoms with Gasteiger partial charge in [-0.1, -0.05) is 42.2 Å². The van der Waals surface area contributed by atoms with E-state index in [1.54, 1.807) is 0 Å². The summed E-state index contributed by atoms with van der Waals surface area (Å²) in [5.41, 5.74) is -2.06. The molecule has 0 atom stereocenters. The molecular weight excluding hydrogens is 344 g/mol. The third kappa shape index (κ3) is 4.21. The van der Waals surface area contributed by atoms with Crippen LogP contribution in [0.3, 0.4) is 0 Å². The largest absolute Gasteiger partial charge is 0.416 e. The second-order valence-electron chi connectivity index (χ2n) is 5.50. The molecule has 0 spiro atoms. The van der Waals surface area contributed by atoms with Gasteiger partial charge in [-0.3, -0.25) is 0 Å². The lowest BCUT2D eigenvalue weighted by molar-refractivity contribution is -0.138. The minimum Gasteiger partial charge on any atom is -0.207 e. The Morgan fingerprint density at radius 2 is 1.46 bits per heavy atom. The molecule has 0 saturated heterocycles. The van der Waals surface area contributed by atoms with E-state index in [1.807, 2.05) is 12.1 Å². The highest BCUT2D eigenvalue weighted by molar-refractivity contribution is 5.42. The smallest absolute Gasteiger partial charge is 0.207 e. The fourth-order valence-corrected chi connectivity index (χ4v) is 2.37. The van der Waals surface area contributed by atoms with Crippen molar-refractivity contribution in [2.45, 2.75) is 24.4 Å². The average Bonchev–Trinajstić information content (AvgIpc) is 2.63. The highest BCUT2D eigenvalue weighted by atomic mass is 19.4. The van der Waals surface area contributed by atoms with E-state index in [0.717, 1.165) is 18.2 Å². The van der Waals surface area contributed by atoms with Crippen molar-refractivity contribution in [3.63, 3.8) is 0 Å². The number of nitriles is 2. The predicted octanol–water partition coefficient (Wildman–Crippen LogP) is 4.77. The molecule has 6 heteroatoms.